The van der Waals surface area contributed by atoms with Gasteiger partial charge in [-0.05, 0) is 43.7 Å². The zero-order chi connectivity index (χ0) is 16.1. The summed E-state index contributed by atoms with van der Waals surface area (Å²) in [5.74, 6) is -0.430. The zero-order valence-corrected chi connectivity index (χ0v) is 14.1. The second-order valence-corrected chi connectivity index (χ2v) is 6.05. The maximum Gasteiger partial charge on any atom is 0.238 e. The van der Waals surface area contributed by atoms with Crippen molar-refractivity contribution in [3.63, 3.8) is 0 Å². The summed E-state index contributed by atoms with van der Waals surface area (Å²) in [5, 5.41) is 5.87. The summed E-state index contributed by atoms with van der Waals surface area (Å²) in [6, 6.07) is 12.0. The molecule has 5 heteroatoms. The lowest BCUT2D eigenvalue weighted by atomic mass is 10.1. The molecule has 0 aliphatic heterocycles. The van der Waals surface area contributed by atoms with Crippen LogP contribution >= 0.6 is 15.9 Å². The molecule has 0 radical (unpaired) electrons. The Balaban J connectivity index is 1.91. The normalized spacial score (nSPS) is 12.0. The molecule has 0 fully saturated rings. The largest absolute Gasteiger partial charge is 0.325 e. The predicted molar refractivity (Wildman–Crippen MR) is 90.3 cm³/mol. The highest BCUT2D eigenvalue weighted by Gasteiger charge is 2.12. The van der Waals surface area contributed by atoms with Crippen LogP contribution in [-0.4, -0.2) is 12.5 Å². The van der Waals surface area contributed by atoms with Gasteiger partial charge in [-0.2, -0.15) is 0 Å². The summed E-state index contributed by atoms with van der Waals surface area (Å²) in [6.45, 7) is 3.87. The van der Waals surface area contributed by atoms with E-state index >= 15 is 0 Å². The lowest BCUT2D eigenvalue weighted by molar-refractivity contribution is -0.115. The third kappa shape index (κ3) is 4.39. The molecule has 2 N–H and O–H groups in total. The van der Waals surface area contributed by atoms with E-state index in [1.165, 1.54) is 6.07 Å². The summed E-state index contributed by atoms with van der Waals surface area (Å²) in [5.41, 5.74) is 2.30. The number of amides is 1. The van der Waals surface area contributed by atoms with Crippen molar-refractivity contribution in [1.82, 2.24) is 5.32 Å². The van der Waals surface area contributed by atoms with Crippen LogP contribution in [0.3, 0.4) is 0 Å². The van der Waals surface area contributed by atoms with Crippen molar-refractivity contribution in [2.24, 2.45) is 0 Å². The van der Waals surface area contributed by atoms with E-state index in [1.807, 2.05) is 32.0 Å². The van der Waals surface area contributed by atoms with Gasteiger partial charge in [0.15, 0.2) is 0 Å². The molecule has 2 rings (SSSR count). The molecule has 0 heterocycles. The molecule has 0 saturated carbocycles. The van der Waals surface area contributed by atoms with Crippen LogP contribution in [0, 0.1) is 12.7 Å². The molecule has 1 amide bonds. The minimum Gasteiger partial charge on any atom is -0.325 e. The van der Waals surface area contributed by atoms with Crippen molar-refractivity contribution >= 4 is 27.5 Å². The van der Waals surface area contributed by atoms with Gasteiger partial charge in [-0.3, -0.25) is 4.79 Å². The van der Waals surface area contributed by atoms with E-state index in [-0.39, 0.29) is 24.3 Å². The Morgan fingerprint density at radius 1 is 1.27 bits per heavy atom. The number of carbonyl (C=O) groups excluding carboxylic acids is 1. The fourth-order valence-corrected chi connectivity index (χ4v) is 2.62. The minimum absolute atomic E-state index is 0.116. The van der Waals surface area contributed by atoms with Gasteiger partial charge in [0.05, 0.1) is 6.54 Å². The Kier molecular flexibility index (Phi) is 5.69. The lowest BCUT2D eigenvalue weighted by Crippen LogP contribution is -2.30. The van der Waals surface area contributed by atoms with Crippen LogP contribution in [0.4, 0.5) is 10.1 Å². The fraction of sp³-hybridized carbons (Fsp3) is 0.235. The van der Waals surface area contributed by atoms with Crippen LogP contribution < -0.4 is 10.6 Å². The lowest BCUT2D eigenvalue weighted by Gasteiger charge is -2.15. The van der Waals surface area contributed by atoms with Crippen molar-refractivity contribution < 1.29 is 9.18 Å². The molecule has 0 saturated heterocycles. The molecule has 0 aliphatic carbocycles. The van der Waals surface area contributed by atoms with Gasteiger partial charge in [0.25, 0.3) is 0 Å². The highest BCUT2D eigenvalue weighted by atomic mass is 79.9. The van der Waals surface area contributed by atoms with Gasteiger partial charge in [0.1, 0.15) is 5.82 Å². The Labute approximate surface area is 138 Å². The summed E-state index contributed by atoms with van der Waals surface area (Å²) >= 11 is 3.38. The molecule has 0 spiro atoms. The molecule has 2 aromatic rings. The highest BCUT2D eigenvalue weighted by Crippen LogP contribution is 2.20. The van der Waals surface area contributed by atoms with E-state index in [4.69, 9.17) is 0 Å². The molecule has 3 nitrogen and oxygen atoms in total. The van der Waals surface area contributed by atoms with Crippen LogP contribution in [0.15, 0.2) is 46.9 Å². The first-order valence-electron chi connectivity index (χ1n) is 7.01. The Morgan fingerprint density at radius 3 is 2.68 bits per heavy atom. The van der Waals surface area contributed by atoms with Crippen molar-refractivity contribution in [3.8, 4) is 0 Å². The fourth-order valence-electron chi connectivity index (χ4n) is 2.14. The second-order valence-electron chi connectivity index (χ2n) is 5.13. The number of benzene rings is 2. The number of hydrogen-bond donors (Lipinski definition) is 2. The van der Waals surface area contributed by atoms with Gasteiger partial charge in [-0.25, -0.2) is 4.39 Å². The van der Waals surface area contributed by atoms with Crippen molar-refractivity contribution in [1.29, 1.82) is 0 Å². The van der Waals surface area contributed by atoms with E-state index in [0.717, 1.165) is 15.7 Å². The zero-order valence-electron chi connectivity index (χ0n) is 12.5. The van der Waals surface area contributed by atoms with Gasteiger partial charge in [0.2, 0.25) is 5.91 Å². The van der Waals surface area contributed by atoms with Crippen LogP contribution in [-0.2, 0) is 4.79 Å². The molecule has 0 aliphatic rings. The van der Waals surface area contributed by atoms with Crippen molar-refractivity contribution in [3.05, 3.63) is 63.9 Å². The molecular formula is C17H18BrFN2O. The number of hydrogen-bond acceptors (Lipinski definition) is 2. The van der Waals surface area contributed by atoms with Gasteiger partial charge < -0.3 is 10.6 Å². The van der Waals surface area contributed by atoms with Gasteiger partial charge in [0, 0.05) is 21.8 Å². The van der Waals surface area contributed by atoms with Gasteiger partial charge >= 0.3 is 0 Å². The number of aryl methyl sites for hydroxylation is 1. The standard InChI is InChI=1S/C17H18BrFN2O/c1-11-9-13(18)7-8-16(11)21-17(22)10-20-12(2)14-5-3-4-6-15(14)19/h3-9,12,20H,10H2,1-2H3,(H,21,22). The van der Waals surface area contributed by atoms with Crippen LogP contribution in [0.1, 0.15) is 24.1 Å². The first-order chi connectivity index (χ1) is 10.5. The molecule has 116 valence electrons. The van der Waals surface area contributed by atoms with Gasteiger partial charge in [-0.15, -0.1) is 0 Å². The average Bonchev–Trinajstić information content (AvgIpc) is 2.48. The third-order valence-corrected chi connectivity index (χ3v) is 3.90. The summed E-state index contributed by atoms with van der Waals surface area (Å²) in [6.07, 6.45) is 0. The van der Waals surface area contributed by atoms with E-state index in [2.05, 4.69) is 26.6 Å². The number of carbonyl (C=O) groups is 1. The Hall–Kier alpha value is -1.72. The first-order valence-corrected chi connectivity index (χ1v) is 7.80. The van der Waals surface area contributed by atoms with E-state index in [0.29, 0.717) is 5.56 Å². The summed E-state index contributed by atoms with van der Waals surface area (Å²) in [4.78, 5) is 12.0. The van der Waals surface area contributed by atoms with Crippen molar-refractivity contribution in [2.75, 3.05) is 11.9 Å². The topological polar surface area (TPSA) is 41.1 Å². The minimum atomic E-state index is -0.272. The number of halogens is 2. The third-order valence-electron chi connectivity index (χ3n) is 3.40. The first kappa shape index (κ1) is 16.6. The SMILES string of the molecule is Cc1cc(Br)ccc1NC(=O)CNC(C)c1ccccc1F. The quantitative estimate of drug-likeness (QED) is 0.835. The molecule has 0 aromatic heterocycles. The monoisotopic (exact) mass is 364 g/mol. The molecular weight excluding hydrogens is 347 g/mol. The Bertz CT molecular complexity index is 675. The van der Waals surface area contributed by atoms with E-state index < -0.39 is 0 Å². The van der Waals surface area contributed by atoms with Crippen LogP contribution in [0.25, 0.3) is 0 Å². The molecule has 0 bridgehead atoms. The van der Waals surface area contributed by atoms with Crippen LogP contribution in [0.5, 0.6) is 0 Å². The van der Waals surface area contributed by atoms with E-state index in [1.54, 1.807) is 18.2 Å². The number of nitrogens with one attached hydrogen (secondary N) is 2. The number of rotatable bonds is 5. The smallest absolute Gasteiger partial charge is 0.238 e. The average molecular weight is 365 g/mol. The summed E-state index contributed by atoms with van der Waals surface area (Å²) in [7, 11) is 0. The van der Waals surface area contributed by atoms with Crippen LogP contribution in [0.2, 0.25) is 0 Å². The highest BCUT2D eigenvalue weighted by molar-refractivity contribution is 9.10. The molecule has 22 heavy (non-hydrogen) atoms. The molecule has 1 unspecified atom stereocenters. The van der Waals surface area contributed by atoms with Crippen molar-refractivity contribution in [2.45, 2.75) is 19.9 Å². The number of anilines is 1. The molecule has 2 aromatic carbocycles. The summed E-state index contributed by atoms with van der Waals surface area (Å²) < 4.78 is 14.6. The maximum absolute atomic E-state index is 13.7. The maximum atomic E-state index is 13.7. The predicted octanol–water partition coefficient (Wildman–Crippen LogP) is 4.19. The van der Waals surface area contributed by atoms with E-state index in [9.17, 15) is 9.18 Å². The Morgan fingerprint density at radius 2 is 2.00 bits per heavy atom. The second kappa shape index (κ2) is 7.51. The van der Waals surface area contributed by atoms with Gasteiger partial charge in [-0.1, -0.05) is 34.1 Å². The molecule has 1 atom stereocenters.